The monoisotopic (exact) mass is 327 g/mol. The molecule has 108 valence electrons. The Morgan fingerprint density at radius 3 is 2.60 bits per heavy atom. The molecule has 0 fully saturated rings. The van der Waals surface area contributed by atoms with Crippen molar-refractivity contribution in [1.82, 2.24) is 5.32 Å². The largest absolute Gasteiger partial charge is 0.309 e. The summed E-state index contributed by atoms with van der Waals surface area (Å²) in [5, 5.41) is 7.28. The first kappa shape index (κ1) is 15.8. The lowest BCUT2D eigenvalue weighted by molar-refractivity contribution is 0.537. The van der Waals surface area contributed by atoms with Crippen LogP contribution in [0, 0.1) is 6.92 Å². The van der Waals surface area contributed by atoms with Crippen molar-refractivity contribution < 1.29 is 0 Å². The molecule has 0 aliphatic carbocycles. The Bertz CT molecular complexity index is 565. The number of benzene rings is 1. The summed E-state index contributed by atoms with van der Waals surface area (Å²) in [6, 6.07) is 8.42. The van der Waals surface area contributed by atoms with Crippen LogP contribution in [0.25, 0.3) is 0 Å². The van der Waals surface area contributed by atoms with Gasteiger partial charge < -0.3 is 5.32 Å². The summed E-state index contributed by atoms with van der Waals surface area (Å²) in [5.74, 6) is 0. The van der Waals surface area contributed by atoms with Crippen LogP contribution in [0.4, 0.5) is 0 Å². The van der Waals surface area contributed by atoms with E-state index in [2.05, 4.69) is 31.3 Å². The Morgan fingerprint density at radius 1 is 1.20 bits per heavy atom. The summed E-state index contributed by atoms with van der Waals surface area (Å²) in [7, 11) is 0. The van der Waals surface area contributed by atoms with Crippen LogP contribution in [-0.4, -0.2) is 6.54 Å². The molecular formula is C16H19Cl2NS. The van der Waals surface area contributed by atoms with Crippen molar-refractivity contribution in [2.24, 2.45) is 0 Å². The molecule has 1 aromatic heterocycles. The first-order chi connectivity index (χ1) is 9.61. The molecule has 2 rings (SSSR count). The van der Waals surface area contributed by atoms with Gasteiger partial charge in [-0.1, -0.05) is 42.3 Å². The Balaban J connectivity index is 2.21. The van der Waals surface area contributed by atoms with Gasteiger partial charge in [-0.25, -0.2) is 0 Å². The van der Waals surface area contributed by atoms with Crippen LogP contribution in [0.3, 0.4) is 0 Å². The molecule has 0 radical (unpaired) electrons. The summed E-state index contributed by atoms with van der Waals surface area (Å²) in [6.07, 6.45) is 1.96. The Labute approximate surface area is 134 Å². The van der Waals surface area contributed by atoms with Crippen LogP contribution in [0.1, 0.15) is 35.4 Å². The molecule has 0 saturated carbocycles. The average Bonchev–Trinajstić information content (AvgIpc) is 2.83. The number of hydrogen-bond donors (Lipinski definition) is 1. The number of rotatable bonds is 6. The van der Waals surface area contributed by atoms with Crippen molar-refractivity contribution in [1.29, 1.82) is 0 Å². The van der Waals surface area contributed by atoms with E-state index in [0.717, 1.165) is 35.0 Å². The Hall–Kier alpha value is -0.540. The van der Waals surface area contributed by atoms with Crippen LogP contribution in [0.5, 0.6) is 0 Å². The normalized spacial score (nSPS) is 12.6. The minimum Gasteiger partial charge on any atom is -0.309 e. The first-order valence-electron chi connectivity index (χ1n) is 6.83. The molecule has 0 bridgehead atoms. The quantitative estimate of drug-likeness (QED) is 0.723. The van der Waals surface area contributed by atoms with E-state index in [1.165, 1.54) is 10.4 Å². The van der Waals surface area contributed by atoms with Gasteiger partial charge in [-0.15, -0.1) is 11.3 Å². The maximum Gasteiger partial charge on any atom is 0.0561 e. The summed E-state index contributed by atoms with van der Waals surface area (Å²) < 4.78 is 0. The Morgan fingerprint density at radius 2 is 2.00 bits per heavy atom. The maximum atomic E-state index is 6.35. The molecule has 20 heavy (non-hydrogen) atoms. The zero-order chi connectivity index (χ0) is 14.5. The molecule has 1 nitrogen and oxygen atoms in total. The molecule has 1 heterocycles. The molecule has 2 aromatic rings. The molecule has 0 amide bonds. The van der Waals surface area contributed by atoms with Crippen molar-refractivity contribution in [3.8, 4) is 0 Å². The van der Waals surface area contributed by atoms with Gasteiger partial charge >= 0.3 is 0 Å². The van der Waals surface area contributed by atoms with E-state index in [-0.39, 0.29) is 6.04 Å². The van der Waals surface area contributed by atoms with Crippen LogP contribution < -0.4 is 5.32 Å². The number of thiophene rings is 1. The van der Waals surface area contributed by atoms with E-state index in [0.29, 0.717) is 0 Å². The molecule has 1 unspecified atom stereocenters. The predicted molar refractivity (Wildman–Crippen MR) is 90.3 cm³/mol. The van der Waals surface area contributed by atoms with Crippen molar-refractivity contribution >= 4 is 34.5 Å². The van der Waals surface area contributed by atoms with E-state index in [1.807, 2.05) is 17.5 Å². The number of aryl methyl sites for hydroxylation is 1. The van der Waals surface area contributed by atoms with Gasteiger partial charge in [-0.3, -0.25) is 0 Å². The smallest absolute Gasteiger partial charge is 0.0561 e. The van der Waals surface area contributed by atoms with Crippen molar-refractivity contribution in [3.05, 3.63) is 55.7 Å². The summed E-state index contributed by atoms with van der Waals surface area (Å²) in [5.41, 5.74) is 2.35. The Kier molecular flexibility index (Phi) is 5.91. The third-order valence-corrected chi connectivity index (χ3v) is 5.06. The molecule has 0 spiro atoms. The minimum atomic E-state index is 0.225. The lowest BCUT2D eigenvalue weighted by Gasteiger charge is -2.19. The number of hydrogen-bond acceptors (Lipinski definition) is 2. The van der Waals surface area contributed by atoms with E-state index in [4.69, 9.17) is 23.2 Å². The minimum absolute atomic E-state index is 0.225. The standard InChI is InChI=1S/C16H19Cl2NS/c1-3-7-19-15(16-13(17)6-8-20-16)10-12-5-4-11(2)9-14(12)18/h4-6,8-9,15,19H,3,7,10H2,1-2H3. The first-order valence-corrected chi connectivity index (χ1v) is 8.46. The molecule has 4 heteroatoms. The zero-order valence-electron chi connectivity index (χ0n) is 11.7. The summed E-state index contributed by atoms with van der Waals surface area (Å²) in [4.78, 5) is 1.19. The molecule has 1 N–H and O–H groups in total. The van der Waals surface area contributed by atoms with Crippen molar-refractivity contribution in [2.45, 2.75) is 32.7 Å². The number of nitrogens with one attached hydrogen (secondary N) is 1. The van der Waals surface area contributed by atoms with Crippen LogP contribution in [0.2, 0.25) is 10.0 Å². The van der Waals surface area contributed by atoms with Gasteiger partial charge in [0.2, 0.25) is 0 Å². The fraction of sp³-hybridized carbons (Fsp3) is 0.375. The second-order valence-corrected chi connectivity index (χ2v) is 6.70. The molecular weight excluding hydrogens is 309 g/mol. The van der Waals surface area contributed by atoms with Crippen molar-refractivity contribution in [3.63, 3.8) is 0 Å². The highest BCUT2D eigenvalue weighted by atomic mass is 35.5. The van der Waals surface area contributed by atoms with Gasteiger partial charge in [0, 0.05) is 15.9 Å². The van der Waals surface area contributed by atoms with Gasteiger partial charge in [0.15, 0.2) is 0 Å². The van der Waals surface area contributed by atoms with Gasteiger partial charge in [-0.2, -0.15) is 0 Å². The van der Waals surface area contributed by atoms with Gasteiger partial charge in [-0.05, 0) is 54.9 Å². The number of halogens is 2. The van der Waals surface area contributed by atoms with E-state index >= 15 is 0 Å². The second kappa shape index (κ2) is 7.46. The molecule has 0 saturated heterocycles. The third kappa shape index (κ3) is 3.98. The SMILES string of the molecule is CCCNC(Cc1ccc(C)cc1Cl)c1sccc1Cl. The third-order valence-electron chi connectivity index (χ3n) is 3.23. The molecule has 0 aliphatic heterocycles. The topological polar surface area (TPSA) is 12.0 Å². The van der Waals surface area contributed by atoms with Gasteiger partial charge in [0.25, 0.3) is 0 Å². The van der Waals surface area contributed by atoms with Crippen LogP contribution >= 0.6 is 34.5 Å². The lowest BCUT2D eigenvalue weighted by Crippen LogP contribution is -2.23. The van der Waals surface area contributed by atoms with Gasteiger partial charge in [0.05, 0.1) is 5.02 Å². The zero-order valence-corrected chi connectivity index (χ0v) is 14.1. The summed E-state index contributed by atoms with van der Waals surface area (Å²) >= 11 is 14.3. The lowest BCUT2D eigenvalue weighted by atomic mass is 10.0. The van der Waals surface area contributed by atoms with E-state index < -0.39 is 0 Å². The molecule has 1 atom stereocenters. The highest BCUT2D eigenvalue weighted by molar-refractivity contribution is 7.10. The van der Waals surface area contributed by atoms with Crippen molar-refractivity contribution in [2.75, 3.05) is 6.54 Å². The average molecular weight is 328 g/mol. The predicted octanol–water partition coefficient (Wildman–Crippen LogP) is 5.65. The highest BCUT2D eigenvalue weighted by Crippen LogP contribution is 2.32. The van der Waals surface area contributed by atoms with Gasteiger partial charge in [0.1, 0.15) is 0 Å². The van der Waals surface area contributed by atoms with Crippen LogP contribution in [0.15, 0.2) is 29.6 Å². The fourth-order valence-corrected chi connectivity index (χ4v) is 3.75. The molecule has 1 aromatic carbocycles. The highest BCUT2D eigenvalue weighted by Gasteiger charge is 2.17. The van der Waals surface area contributed by atoms with E-state index in [9.17, 15) is 0 Å². The van der Waals surface area contributed by atoms with Crippen LogP contribution in [-0.2, 0) is 6.42 Å². The fourth-order valence-electron chi connectivity index (χ4n) is 2.17. The second-order valence-electron chi connectivity index (χ2n) is 4.94. The maximum absolute atomic E-state index is 6.35. The summed E-state index contributed by atoms with van der Waals surface area (Å²) in [6.45, 7) is 5.19. The van der Waals surface area contributed by atoms with E-state index in [1.54, 1.807) is 11.3 Å². The molecule has 0 aliphatic rings.